The Bertz CT molecular complexity index is 505. The lowest BCUT2D eigenvalue weighted by Crippen LogP contribution is -2.44. The Hall–Kier alpha value is -0.166. The van der Waals surface area contributed by atoms with Crippen molar-refractivity contribution in [3.63, 3.8) is 0 Å². The molecule has 0 aromatic heterocycles. The van der Waals surface area contributed by atoms with Gasteiger partial charge in [0, 0.05) is 6.10 Å². The van der Waals surface area contributed by atoms with Gasteiger partial charge in [0.15, 0.2) is 16.6 Å². The van der Waals surface area contributed by atoms with Crippen LogP contribution in [0.3, 0.4) is 0 Å². The highest BCUT2D eigenvalue weighted by Gasteiger charge is 2.40. The second-order valence-electron chi connectivity index (χ2n) is 10.6. The van der Waals surface area contributed by atoms with E-state index in [-0.39, 0.29) is 10.1 Å². The zero-order valence-electron chi connectivity index (χ0n) is 18.5. The molecule has 25 heavy (non-hydrogen) atoms. The Morgan fingerprint density at radius 3 is 2.00 bits per heavy atom. The maximum atomic E-state index is 6.65. The molecule has 2 nitrogen and oxygen atoms in total. The molecule has 1 atom stereocenters. The molecule has 0 amide bonds. The predicted molar refractivity (Wildman–Crippen MR) is 116 cm³/mol. The van der Waals surface area contributed by atoms with E-state index < -0.39 is 16.6 Å². The molecule has 0 bridgehead atoms. The van der Waals surface area contributed by atoms with Gasteiger partial charge in [-0.25, -0.2) is 0 Å². The lowest BCUT2D eigenvalue weighted by atomic mass is 9.88. The minimum atomic E-state index is -1.71. The Morgan fingerprint density at radius 1 is 1.00 bits per heavy atom. The summed E-state index contributed by atoms with van der Waals surface area (Å²) < 4.78 is 13.0. The summed E-state index contributed by atoms with van der Waals surface area (Å²) in [6.45, 7) is 28.1. The molecule has 0 aromatic carbocycles. The summed E-state index contributed by atoms with van der Waals surface area (Å²) >= 11 is 0. The fraction of sp³-hybridized carbons (Fsp3) is 0.810. The Morgan fingerprint density at radius 2 is 1.52 bits per heavy atom. The first-order valence-corrected chi connectivity index (χ1v) is 15.6. The van der Waals surface area contributed by atoms with Gasteiger partial charge in [0.25, 0.3) is 0 Å². The normalized spacial score (nSPS) is 22.6. The van der Waals surface area contributed by atoms with E-state index in [0.717, 1.165) is 19.3 Å². The van der Waals surface area contributed by atoms with Crippen molar-refractivity contribution in [3.05, 3.63) is 23.8 Å². The molecule has 1 rings (SSSR count). The molecule has 0 N–H and O–H groups in total. The Balaban J connectivity index is 2.73. The van der Waals surface area contributed by atoms with Gasteiger partial charge >= 0.3 is 0 Å². The van der Waals surface area contributed by atoms with E-state index in [4.69, 9.17) is 8.85 Å². The highest BCUT2D eigenvalue weighted by atomic mass is 28.4. The lowest BCUT2D eigenvalue weighted by molar-refractivity contribution is 0.164. The smallest absolute Gasteiger partial charge is 0.192 e. The monoisotopic (exact) mass is 382 g/mol. The van der Waals surface area contributed by atoms with E-state index in [1.54, 1.807) is 0 Å². The molecular weight excluding hydrogens is 340 g/mol. The van der Waals surface area contributed by atoms with E-state index in [1.807, 2.05) is 0 Å². The summed E-state index contributed by atoms with van der Waals surface area (Å²) in [6, 6.07) is 0. The molecule has 0 spiro atoms. The predicted octanol–water partition coefficient (Wildman–Crippen LogP) is 7.07. The maximum Gasteiger partial charge on any atom is 0.192 e. The largest absolute Gasteiger partial charge is 0.414 e. The van der Waals surface area contributed by atoms with E-state index in [0.29, 0.717) is 12.7 Å². The fourth-order valence-electron chi connectivity index (χ4n) is 2.48. The van der Waals surface area contributed by atoms with Crippen molar-refractivity contribution < 1.29 is 8.85 Å². The Labute approximate surface area is 159 Å². The van der Waals surface area contributed by atoms with Crippen LogP contribution in [0.1, 0.15) is 60.8 Å². The van der Waals surface area contributed by atoms with Crippen LogP contribution in [-0.4, -0.2) is 29.3 Å². The van der Waals surface area contributed by atoms with E-state index in [9.17, 15) is 0 Å². The van der Waals surface area contributed by atoms with Crippen molar-refractivity contribution >= 4 is 16.6 Å². The third-order valence-corrected chi connectivity index (χ3v) is 15.6. The maximum absolute atomic E-state index is 6.65. The average molecular weight is 383 g/mol. The second-order valence-corrected chi connectivity index (χ2v) is 20.2. The van der Waals surface area contributed by atoms with Crippen LogP contribution in [0.15, 0.2) is 23.8 Å². The van der Waals surface area contributed by atoms with Crippen molar-refractivity contribution in [3.8, 4) is 0 Å². The van der Waals surface area contributed by atoms with Crippen LogP contribution in [0, 0.1) is 0 Å². The summed E-state index contributed by atoms with van der Waals surface area (Å²) in [7, 11) is -3.40. The highest BCUT2D eigenvalue weighted by molar-refractivity contribution is 6.74. The van der Waals surface area contributed by atoms with Crippen molar-refractivity contribution in [2.45, 2.75) is 103 Å². The molecular formula is C21H42O2Si2. The molecule has 1 fully saturated rings. The van der Waals surface area contributed by atoms with Crippen LogP contribution in [-0.2, 0) is 8.85 Å². The standard InChI is InChI=1S/C21H42O2Si2/c1-17-12-13-19(23-25(10,11)21(5,6)7)16-18(17)14-15-22-24(8,9)20(2,3)4/h14,19H,1,12-13,15-16H2,2-11H3/b18-14-. The van der Waals surface area contributed by atoms with Gasteiger partial charge in [0.1, 0.15) is 0 Å². The molecule has 0 aromatic rings. The Kier molecular flexibility index (Phi) is 7.17. The molecule has 0 saturated heterocycles. The molecule has 146 valence electrons. The summed E-state index contributed by atoms with van der Waals surface area (Å²) in [6.07, 6.45) is 5.75. The second kappa shape index (κ2) is 7.83. The van der Waals surface area contributed by atoms with Gasteiger partial charge in [-0.15, -0.1) is 0 Å². The number of hydrogen-bond donors (Lipinski definition) is 0. The summed E-state index contributed by atoms with van der Waals surface area (Å²) in [5.74, 6) is 0. The molecule has 1 saturated carbocycles. The average Bonchev–Trinajstić information content (AvgIpc) is 2.39. The van der Waals surface area contributed by atoms with Crippen LogP contribution in [0.25, 0.3) is 0 Å². The summed E-state index contributed by atoms with van der Waals surface area (Å²) in [5.41, 5.74) is 2.63. The van der Waals surface area contributed by atoms with Crippen molar-refractivity contribution in [2.75, 3.05) is 6.61 Å². The van der Waals surface area contributed by atoms with Gasteiger partial charge in [-0.1, -0.05) is 59.8 Å². The number of allylic oxidation sites excluding steroid dienone is 1. The third-order valence-electron chi connectivity index (χ3n) is 6.52. The number of hydrogen-bond acceptors (Lipinski definition) is 2. The first-order chi connectivity index (χ1) is 11.1. The minimum Gasteiger partial charge on any atom is -0.414 e. The van der Waals surface area contributed by atoms with Crippen molar-refractivity contribution in [1.29, 1.82) is 0 Å². The quantitative estimate of drug-likeness (QED) is 0.473. The molecule has 4 heteroatoms. The van der Waals surface area contributed by atoms with E-state index in [2.05, 4.69) is 80.4 Å². The summed E-state index contributed by atoms with van der Waals surface area (Å²) in [5, 5.41) is 0.514. The first-order valence-electron chi connectivity index (χ1n) is 9.76. The van der Waals surface area contributed by atoms with Crippen LogP contribution in [0.4, 0.5) is 0 Å². The van der Waals surface area contributed by atoms with Gasteiger partial charge in [-0.3, -0.25) is 0 Å². The van der Waals surface area contributed by atoms with E-state index >= 15 is 0 Å². The molecule has 1 unspecified atom stereocenters. The molecule has 1 aliphatic carbocycles. The van der Waals surface area contributed by atoms with Gasteiger partial charge in [-0.05, 0) is 61.1 Å². The third kappa shape index (κ3) is 6.19. The van der Waals surface area contributed by atoms with Gasteiger partial charge in [0.2, 0.25) is 0 Å². The zero-order valence-corrected chi connectivity index (χ0v) is 20.5. The first kappa shape index (κ1) is 22.9. The molecule has 0 radical (unpaired) electrons. The van der Waals surface area contributed by atoms with Gasteiger partial charge in [0.05, 0.1) is 6.61 Å². The van der Waals surface area contributed by atoms with E-state index in [1.165, 1.54) is 11.1 Å². The summed E-state index contributed by atoms with van der Waals surface area (Å²) in [4.78, 5) is 0. The minimum absolute atomic E-state index is 0.253. The van der Waals surface area contributed by atoms with Gasteiger partial charge in [-0.2, -0.15) is 0 Å². The fourth-order valence-corrected chi connectivity index (χ4v) is 4.80. The molecule has 0 aliphatic heterocycles. The lowest BCUT2D eigenvalue weighted by Gasteiger charge is -2.41. The van der Waals surface area contributed by atoms with Gasteiger partial charge < -0.3 is 8.85 Å². The molecule has 0 heterocycles. The SMILES string of the molecule is C=C1CCC(O[Si](C)(C)C(C)(C)C)C/C1=C/CO[Si](C)(C)C(C)(C)C. The van der Waals surface area contributed by atoms with Crippen LogP contribution >= 0.6 is 0 Å². The zero-order chi connectivity index (χ0) is 19.7. The van der Waals surface area contributed by atoms with Crippen LogP contribution in [0.2, 0.25) is 36.3 Å². The topological polar surface area (TPSA) is 18.5 Å². The van der Waals surface area contributed by atoms with Crippen LogP contribution in [0.5, 0.6) is 0 Å². The molecule has 1 aliphatic rings. The highest BCUT2D eigenvalue weighted by Crippen LogP contribution is 2.40. The van der Waals surface area contributed by atoms with Crippen LogP contribution < -0.4 is 0 Å². The van der Waals surface area contributed by atoms with Crippen molar-refractivity contribution in [1.82, 2.24) is 0 Å². The number of rotatable bonds is 5. The van der Waals surface area contributed by atoms with Crippen molar-refractivity contribution in [2.24, 2.45) is 0 Å².